The van der Waals surface area contributed by atoms with E-state index in [-0.39, 0.29) is 0 Å². The van der Waals surface area contributed by atoms with Gasteiger partial charge < -0.3 is 15.8 Å². The van der Waals surface area contributed by atoms with Crippen molar-refractivity contribution in [3.63, 3.8) is 0 Å². The summed E-state index contributed by atoms with van der Waals surface area (Å²) in [5.41, 5.74) is 6.14. The number of aromatic amines is 1. The molecule has 8 heteroatoms. The van der Waals surface area contributed by atoms with Crippen LogP contribution < -0.4 is 15.8 Å². The molecule has 16 heavy (non-hydrogen) atoms. The van der Waals surface area contributed by atoms with Gasteiger partial charge in [0.05, 0.1) is 13.7 Å². The number of nitrogens with one attached hydrogen (secondary N) is 2. The van der Waals surface area contributed by atoms with Gasteiger partial charge in [0.15, 0.2) is 5.82 Å². The second kappa shape index (κ2) is 4.43. The molecule has 8 nitrogen and oxygen atoms in total. The lowest BCUT2D eigenvalue weighted by molar-refractivity contribution is 0.399. The minimum atomic E-state index is 0.343. The molecular weight excluding hydrogens is 210 g/mol. The molecule has 0 aliphatic carbocycles. The van der Waals surface area contributed by atoms with Gasteiger partial charge >= 0.3 is 0 Å². The first-order valence-electron chi connectivity index (χ1n) is 4.54. The van der Waals surface area contributed by atoms with Crippen LogP contribution in [0.15, 0.2) is 12.7 Å². The molecule has 2 aromatic heterocycles. The molecule has 0 spiro atoms. The van der Waals surface area contributed by atoms with Gasteiger partial charge in [-0.05, 0) is 0 Å². The molecule has 0 atom stereocenters. The van der Waals surface area contributed by atoms with Crippen molar-refractivity contribution in [2.45, 2.75) is 6.54 Å². The van der Waals surface area contributed by atoms with Gasteiger partial charge in [-0.2, -0.15) is 10.1 Å². The largest absolute Gasteiger partial charge is 0.479 e. The number of nitrogen functional groups attached to an aromatic ring is 1. The highest BCUT2D eigenvalue weighted by Gasteiger charge is 2.07. The SMILES string of the molecule is COc1ncnc(NCc2ncn[nH]2)c1N. The first-order chi connectivity index (χ1) is 7.81. The quantitative estimate of drug-likeness (QED) is 0.654. The number of aromatic nitrogens is 5. The summed E-state index contributed by atoms with van der Waals surface area (Å²) >= 11 is 0. The average molecular weight is 221 g/mol. The van der Waals surface area contributed by atoms with Crippen LogP contribution in [0.2, 0.25) is 0 Å². The van der Waals surface area contributed by atoms with Gasteiger partial charge in [0, 0.05) is 0 Å². The predicted octanol–water partition coefficient (Wildman–Crippen LogP) is -0.202. The molecular formula is C8H11N7O. The Bertz CT molecular complexity index is 455. The Hall–Kier alpha value is -2.38. The molecule has 0 aliphatic heterocycles. The minimum Gasteiger partial charge on any atom is -0.479 e. The Kier molecular flexibility index (Phi) is 2.81. The highest BCUT2D eigenvalue weighted by Crippen LogP contribution is 2.23. The topological polar surface area (TPSA) is 115 Å². The number of nitrogens with zero attached hydrogens (tertiary/aromatic N) is 4. The van der Waals surface area contributed by atoms with Crippen LogP contribution >= 0.6 is 0 Å². The molecule has 0 fully saturated rings. The summed E-state index contributed by atoms with van der Waals surface area (Å²) in [5, 5.41) is 9.44. The van der Waals surface area contributed by atoms with Gasteiger partial charge in [-0.3, -0.25) is 5.10 Å². The van der Waals surface area contributed by atoms with E-state index in [1.807, 2.05) is 0 Å². The van der Waals surface area contributed by atoms with E-state index < -0.39 is 0 Å². The third-order valence-electron chi connectivity index (χ3n) is 1.93. The Morgan fingerprint density at radius 3 is 2.94 bits per heavy atom. The predicted molar refractivity (Wildman–Crippen MR) is 56.7 cm³/mol. The molecule has 0 aliphatic rings. The molecule has 0 amide bonds. The molecule has 0 unspecified atom stereocenters. The van der Waals surface area contributed by atoms with E-state index in [4.69, 9.17) is 10.5 Å². The fraction of sp³-hybridized carbons (Fsp3) is 0.250. The first-order valence-corrected chi connectivity index (χ1v) is 4.54. The van der Waals surface area contributed by atoms with Crippen molar-refractivity contribution in [1.29, 1.82) is 0 Å². The summed E-state index contributed by atoms with van der Waals surface area (Å²) in [6.45, 7) is 0.449. The molecule has 0 saturated carbocycles. The highest BCUT2D eigenvalue weighted by atomic mass is 16.5. The molecule has 0 radical (unpaired) electrons. The average Bonchev–Trinajstić information content (AvgIpc) is 2.81. The Labute approximate surface area is 91.3 Å². The maximum Gasteiger partial charge on any atom is 0.242 e. The zero-order valence-electron chi connectivity index (χ0n) is 8.64. The van der Waals surface area contributed by atoms with Crippen molar-refractivity contribution in [2.75, 3.05) is 18.2 Å². The normalized spacial score (nSPS) is 10.1. The Balaban J connectivity index is 2.09. The molecule has 0 aromatic carbocycles. The second-order valence-electron chi connectivity index (χ2n) is 2.93. The zero-order valence-corrected chi connectivity index (χ0v) is 8.64. The number of hydrogen-bond donors (Lipinski definition) is 3. The number of hydrogen-bond acceptors (Lipinski definition) is 7. The van der Waals surface area contributed by atoms with Crippen LogP contribution in [-0.4, -0.2) is 32.3 Å². The standard InChI is InChI=1S/C8H11N7O/c1-16-8-6(9)7(12-3-13-8)10-2-5-11-4-14-15-5/h3-4H,2,9H2,1H3,(H,10,12,13)(H,11,14,15). The van der Waals surface area contributed by atoms with Gasteiger partial charge in [-0.25, -0.2) is 9.97 Å². The van der Waals surface area contributed by atoms with Crippen LogP contribution in [0.3, 0.4) is 0 Å². The molecule has 2 rings (SSSR count). The third-order valence-corrected chi connectivity index (χ3v) is 1.93. The van der Waals surface area contributed by atoms with E-state index >= 15 is 0 Å². The number of ether oxygens (including phenoxy) is 1. The summed E-state index contributed by atoms with van der Waals surface area (Å²) in [7, 11) is 1.50. The maximum atomic E-state index is 5.77. The van der Waals surface area contributed by atoms with Crippen LogP contribution in [0.1, 0.15) is 5.82 Å². The molecule has 2 heterocycles. The lowest BCUT2D eigenvalue weighted by atomic mass is 10.4. The number of rotatable bonds is 4. The van der Waals surface area contributed by atoms with Crippen molar-refractivity contribution in [1.82, 2.24) is 25.1 Å². The van der Waals surface area contributed by atoms with Crippen LogP contribution in [0, 0.1) is 0 Å². The third kappa shape index (κ3) is 2.00. The van der Waals surface area contributed by atoms with Gasteiger partial charge in [-0.15, -0.1) is 0 Å². The number of anilines is 2. The van der Waals surface area contributed by atoms with Crippen molar-refractivity contribution >= 4 is 11.5 Å². The fourth-order valence-corrected chi connectivity index (χ4v) is 1.17. The smallest absolute Gasteiger partial charge is 0.242 e. The molecule has 4 N–H and O–H groups in total. The highest BCUT2D eigenvalue weighted by molar-refractivity contribution is 5.66. The van der Waals surface area contributed by atoms with Gasteiger partial charge in [-0.1, -0.05) is 0 Å². The van der Waals surface area contributed by atoms with Crippen molar-refractivity contribution in [2.24, 2.45) is 0 Å². The van der Waals surface area contributed by atoms with E-state index in [1.54, 1.807) is 0 Å². The van der Waals surface area contributed by atoms with E-state index in [0.29, 0.717) is 29.8 Å². The first kappa shape index (κ1) is 10.1. The van der Waals surface area contributed by atoms with Gasteiger partial charge in [0.2, 0.25) is 5.88 Å². The Morgan fingerprint density at radius 2 is 2.25 bits per heavy atom. The van der Waals surface area contributed by atoms with Crippen LogP contribution in [0.25, 0.3) is 0 Å². The number of nitrogens with two attached hydrogens (primary N) is 1. The van der Waals surface area contributed by atoms with Crippen molar-refractivity contribution in [3.8, 4) is 5.88 Å². The summed E-state index contributed by atoms with van der Waals surface area (Å²) in [4.78, 5) is 11.8. The molecule has 84 valence electrons. The van der Waals surface area contributed by atoms with E-state index in [2.05, 4.69) is 30.5 Å². The molecule has 2 aromatic rings. The van der Waals surface area contributed by atoms with Gasteiger partial charge in [0.1, 0.15) is 24.2 Å². The fourth-order valence-electron chi connectivity index (χ4n) is 1.17. The molecule has 0 saturated heterocycles. The van der Waals surface area contributed by atoms with Crippen LogP contribution in [0.4, 0.5) is 11.5 Å². The van der Waals surface area contributed by atoms with Crippen molar-refractivity contribution in [3.05, 3.63) is 18.5 Å². The summed E-state index contributed by atoms with van der Waals surface area (Å²) < 4.78 is 4.97. The van der Waals surface area contributed by atoms with Crippen molar-refractivity contribution < 1.29 is 4.74 Å². The summed E-state index contributed by atoms with van der Waals surface area (Å²) in [6, 6.07) is 0. The van der Waals surface area contributed by atoms with Gasteiger partial charge in [0.25, 0.3) is 0 Å². The Morgan fingerprint density at radius 1 is 1.38 bits per heavy atom. The summed E-state index contributed by atoms with van der Waals surface area (Å²) in [6.07, 6.45) is 2.80. The maximum absolute atomic E-state index is 5.77. The lowest BCUT2D eigenvalue weighted by Crippen LogP contribution is -2.07. The van der Waals surface area contributed by atoms with E-state index in [9.17, 15) is 0 Å². The molecule has 0 bridgehead atoms. The zero-order chi connectivity index (χ0) is 11.4. The monoisotopic (exact) mass is 221 g/mol. The summed E-state index contributed by atoms with van der Waals surface area (Å²) in [5.74, 6) is 1.54. The lowest BCUT2D eigenvalue weighted by Gasteiger charge is -2.08. The minimum absolute atomic E-state index is 0.343. The number of H-pyrrole nitrogens is 1. The van der Waals surface area contributed by atoms with Crippen LogP contribution in [0.5, 0.6) is 5.88 Å². The number of methoxy groups -OCH3 is 1. The second-order valence-corrected chi connectivity index (χ2v) is 2.93. The van der Waals surface area contributed by atoms with E-state index in [0.717, 1.165) is 0 Å². The van der Waals surface area contributed by atoms with E-state index in [1.165, 1.54) is 19.8 Å². The van der Waals surface area contributed by atoms with Crippen LogP contribution in [-0.2, 0) is 6.54 Å².